The fraction of sp³-hybridized carbons (Fsp3) is 0.259. The van der Waals surface area contributed by atoms with E-state index in [4.69, 9.17) is 34.8 Å². The van der Waals surface area contributed by atoms with Gasteiger partial charge in [0, 0.05) is 27.7 Å². The number of halogens is 3. The van der Waals surface area contributed by atoms with E-state index in [1.807, 2.05) is 13.8 Å². The number of anilines is 1. The molecular weight excluding hydrogens is 569 g/mol. The SMILES string of the molecule is CC(C)NC(=O)[C@H](C)N(Cc1ccc(Cl)cc1Cl)C(=O)CN(c1ccc(Cl)cc1)S(=O)(=O)c1ccccc1. The maximum Gasteiger partial charge on any atom is 0.264 e. The summed E-state index contributed by atoms with van der Waals surface area (Å²) < 4.78 is 28.4. The first-order valence-electron chi connectivity index (χ1n) is 11.8. The lowest BCUT2D eigenvalue weighted by molar-refractivity contribution is -0.139. The average Bonchev–Trinajstić information content (AvgIpc) is 2.87. The number of benzene rings is 3. The second kappa shape index (κ2) is 12.8. The highest BCUT2D eigenvalue weighted by Gasteiger charge is 2.32. The molecule has 0 radical (unpaired) electrons. The van der Waals surface area contributed by atoms with Crippen molar-refractivity contribution in [3.05, 3.63) is 93.4 Å². The Bertz CT molecular complexity index is 1380. The smallest absolute Gasteiger partial charge is 0.264 e. The van der Waals surface area contributed by atoms with E-state index in [1.165, 1.54) is 29.2 Å². The first-order valence-corrected chi connectivity index (χ1v) is 14.3. The summed E-state index contributed by atoms with van der Waals surface area (Å²) in [4.78, 5) is 28.1. The number of nitrogens with one attached hydrogen (secondary N) is 1. The molecule has 3 aromatic rings. The van der Waals surface area contributed by atoms with E-state index >= 15 is 0 Å². The Labute approximate surface area is 238 Å². The van der Waals surface area contributed by atoms with Crippen molar-refractivity contribution in [2.24, 2.45) is 0 Å². The first-order chi connectivity index (χ1) is 17.9. The van der Waals surface area contributed by atoms with Gasteiger partial charge in [0.15, 0.2) is 0 Å². The minimum absolute atomic E-state index is 0.0145. The summed E-state index contributed by atoms with van der Waals surface area (Å²) in [5, 5.41) is 3.95. The van der Waals surface area contributed by atoms with E-state index in [0.29, 0.717) is 20.6 Å². The fourth-order valence-electron chi connectivity index (χ4n) is 3.68. The average molecular weight is 597 g/mol. The van der Waals surface area contributed by atoms with E-state index < -0.39 is 28.5 Å². The van der Waals surface area contributed by atoms with Crippen LogP contribution in [-0.4, -0.2) is 43.8 Å². The van der Waals surface area contributed by atoms with Crippen molar-refractivity contribution in [2.45, 2.75) is 44.3 Å². The molecule has 11 heteroatoms. The molecule has 0 fully saturated rings. The molecule has 7 nitrogen and oxygen atoms in total. The van der Waals surface area contributed by atoms with Crippen LogP contribution in [0, 0.1) is 0 Å². The Morgan fingerprint density at radius 3 is 2.05 bits per heavy atom. The number of carbonyl (C=O) groups excluding carboxylic acids is 2. The molecule has 2 amide bonds. The van der Waals surface area contributed by atoms with Gasteiger partial charge in [-0.3, -0.25) is 13.9 Å². The number of carbonyl (C=O) groups is 2. The molecule has 0 unspecified atom stereocenters. The van der Waals surface area contributed by atoms with E-state index in [0.717, 1.165) is 4.31 Å². The predicted octanol–water partition coefficient (Wildman–Crippen LogP) is 5.78. The second-order valence-electron chi connectivity index (χ2n) is 8.90. The Kier molecular flexibility index (Phi) is 10.1. The number of nitrogens with zero attached hydrogens (tertiary/aromatic N) is 2. The van der Waals surface area contributed by atoms with Crippen molar-refractivity contribution in [2.75, 3.05) is 10.8 Å². The highest BCUT2D eigenvalue weighted by Crippen LogP contribution is 2.27. The van der Waals surface area contributed by atoms with Gasteiger partial charge in [0.25, 0.3) is 10.0 Å². The Hall–Kier alpha value is -2.78. The van der Waals surface area contributed by atoms with E-state index in [2.05, 4.69) is 5.32 Å². The van der Waals surface area contributed by atoms with E-state index in [-0.39, 0.29) is 29.1 Å². The van der Waals surface area contributed by atoms with Crippen molar-refractivity contribution in [3.63, 3.8) is 0 Å². The van der Waals surface area contributed by atoms with Gasteiger partial charge in [-0.2, -0.15) is 0 Å². The quantitative estimate of drug-likeness (QED) is 0.321. The predicted molar refractivity (Wildman–Crippen MR) is 152 cm³/mol. The van der Waals surface area contributed by atoms with Gasteiger partial charge in [-0.15, -0.1) is 0 Å². The zero-order valence-corrected chi connectivity index (χ0v) is 24.2. The van der Waals surface area contributed by atoms with Gasteiger partial charge >= 0.3 is 0 Å². The van der Waals surface area contributed by atoms with Crippen molar-refractivity contribution in [3.8, 4) is 0 Å². The van der Waals surface area contributed by atoms with Crippen LogP contribution >= 0.6 is 34.8 Å². The highest BCUT2D eigenvalue weighted by molar-refractivity contribution is 7.92. The molecule has 0 aliphatic heterocycles. The highest BCUT2D eigenvalue weighted by atomic mass is 35.5. The summed E-state index contributed by atoms with van der Waals surface area (Å²) in [5.74, 6) is -0.987. The fourth-order valence-corrected chi connectivity index (χ4v) is 5.71. The van der Waals surface area contributed by atoms with Crippen LogP contribution in [0.15, 0.2) is 77.7 Å². The number of hydrogen-bond acceptors (Lipinski definition) is 4. The van der Waals surface area contributed by atoms with Crippen molar-refractivity contribution in [1.29, 1.82) is 0 Å². The molecule has 38 heavy (non-hydrogen) atoms. The molecule has 3 rings (SSSR count). The molecule has 0 saturated heterocycles. The van der Waals surface area contributed by atoms with Gasteiger partial charge in [0.1, 0.15) is 12.6 Å². The van der Waals surface area contributed by atoms with Crippen LogP contribution in [-0.2, 0) is 26.2 Å². The van der Waals surface area contributed by atoms with Gasteiger partial charge < -0.3 is 10.2 Å². The first kappa shape index (κ1) is 29.8. The van der Waals surface area contributed by atoms with Gasteiger partial charge in [-0.25, -0.2) is 8.42 Å². The molecule has 202 valence electrons. The lowest BCUT2D eigenvalue weighted by Gasteiger charge is -2.32. The van der Waals surface area contributed by atoms with Crippen LogP contribution < -0.4 is 9.62 Å². The van der Waals surface area contributed by atoms with Crippen LogP contribution in [0.5, 0.6) is 0 Å². The summed E-state index contributed by atoms with van der Waals surface area (Å²) in [6, 6.07) is 17.7. The van der Waals surface area contributed by atoms with Crippen LogP contribution in [0.2, 0.25) is 15.1 Å². The Morgan fingerprint density at radius 2 is 1.47 bits per heavy atom. The minimum Gasteiger partial charge on any atom is -0.352 e. The summed E-state index contributed by atoms with van der Waals surface area (Å²) in [5.41, 5.74) is 0.799. The zero-order valence-electron chi connectivity index (χ0n) is 21.1. The third kappa shape index (κ3) is 7.41. The molecule has 0 aliphatic rings. The molecule has 0 heterocycles. The van der Waals surface area contributed by atoms with Crippen molar-refractivity contribution < 1.29 is 18.0 Å². The van der Waals surface area contributed by atoms with E-state index in [9.17, 15) is 18.0 Å². The molecule has 0 aromatic heterocycles. The third-order valence-electron chi connectivity index (χ3n) is 5.68. The zero-order chi connectivity index (χ0) is 28.0. The number of sulfonamides is 1. The van der Waals surface area contributed by atoms with Gasteiger partial charge in [-0.1, -0.05) is 59.1 Å². The molecule has 0 saturated carbocycles. The molecule has 0 spiro atoms. The van der Waals surface area contributed by atoms with Gasteiger partial charge in [0.2, 0.25) is 11.8 Å². The maximum absolute atomic E-state index is 13.8. The molecule has 1 atom stereocenters. The normalized spacial score (nSPS) is 12.2. The van der Waals surface area contributed by atoms with Crippen molar-refractivity contribution >= 4 is 62.3 Å². The summed E-state index contributed by atoms with van der Waals surface area (Å²) >= 11 is 18.4. The van der Waals surface area contributed by atoms with Gasteiger partial charge in [0.05, 0.1) is 10.6 Å². The summed E-state index contributed by atoms with van der Waals surface area (Å²) in [6.07, 6.45) is 0. The minimum atomic E-state index is -4.15. The molecule has 0 bridgehead atoms. The summed E-state index contributed by atoms with van der Waals surface area (Å²) in [7, 11) is -4.15. The van der Waals surface area contributed by atoms with Crippen LogP contribution in [0.3, 0.4) is 0 Å². The molecular formula is C27H28Cl3N3O4S. The van der Waals surface area contributed by atoms with E-state index in [1.54, 1.807) is 55.5 Å². The number of hydrogen-bond donors (Lipinski definition) is 1. The third-order valence-corrected chi connectivity index (χ3v) is 8.31. The second-order valence-corrected chi connectivity index (χ2v) is 12.0. The largest absolute Gasteiger partial charge is 0.352 e. The van der Waals surface area contributed by atoms with Crippen molar-refractivity contribution in [1.82, 2.24) is 10.2 Å². The maximum atomic E-state index is 13.8. The summed E-state index contributed by atoms with van der Waals surface area (Å²) in [6.45, 7) is 4.59. The lowest BCUT2D eigenvalue weighted by atomic mass is 10.1. The van der Waals surface area contributed by atoms with Crippen LogP contribution in [0.1, 0.15) is 26.3 Å². The molecule has 0 aliphatic carbocycles. The lowest BCUT2D eigenvalue weighted by Crippen LogP contribution is -2.52. The topological polar surface area (TPSA) is 86.8 Å². The van der Waals surface area contributed by atoms with Crippen LogP contribution in [0.4, 0.5) is 5.69 Å². The number of rotatable bonds is 10. The molecule has 3 aromatic carbocycles. The van der Waals surface area contributed by atoms with Gasteiger partial charge in [-0.05, 0) is 74.9 Å². The number of amides is 2. The standard InChI is InChI=1S/C27H28Cl3N3O4S/c1-18(2)31-27(35)19(3)32(16-20-9-10-22(29)15-25(20)30)26(34)17-33(23-13-11-21(28)12-14-23)38(36,37)24-7-5-4-6-8-24/h4-15,18-19H,16-17H2,1-3H3,(H,31,35)/t19-/m0/s1. The Balaban J connectivity index is 2.03. The Morgan fingerprint density at radius 1 is 0.868 bits per heavy atom. The molecule has 1 N–H and O–H groups in total. The monoisotopic (exact) mass is 595 g/mol. The van der Waals surface area contributed by atoms with Crippen LogP contribution in [0.25, 0.3) is 0 Å².